The van der Waals surface area contributed by atoms with Crippen LogP contribution in [0, 0.1) is 0 Å². The fourth-order valence-corrected chi connectivity index (χ4v) is 2.53. The third-order valence-corrected chi connectivity index (χ3v) is 3.61. The summed E-state index contributed by atoms with van der Waals surface area (Å²) in [5.41, 5.74) is 0. The van der Waals surface area contributed by atoms with Crippen LogP contribution in [-0.2, 0) is 4.74 Å². The fourth-order valence-electron chi connectivity index (χ4n) is 2.53. The molecule has 1 fully saturated rings. The Morgan fingerprint density at radius 3 is 2.60 bits per heavy atom. The number of rotatable bonds is 8. The SMILES string of the molecule is CCCNC1CC(Oc2ccccc2OCC)C1OC. The summed E-state index contributed by atoms with van der Waals surface area (Å²) in [6, 6.07) is 8.20. The van der Waals surface area contributed by atoms with E-state index in [9.17, 15) is 0 Å². The number of benzene rings is 1. The second-order valence-corrected chi connectivity index (χ2v) is 5.03. The van der Waals surface area contributed by atoms with Crippen molar-refractivity contribution >= 4 is 0 Å². The Bertz CT molecular complexity index is 410. The second-order valence-electron chi connectivity index (χ2n) is 5.03. The van der Waals surface area contributed by atoms with Gasteiger partial charge in [-0.15, -0.1) is 0 Å². The summed E-state index contributed by atoms with van der Waals surface area (Å²) in [4.78, 5) is 0. The molecule has 0 radical (unpaired) electrons. The van der Waals surface area contributed by atoms with Crippen molar-refractivity contribution in [1.29, 1.82) is 0 Å². The van der Waals surface area contributed by atoms with Crippen LogP contribution in [-0.4, -0.2) is 38.5 Å². The minimum absolute atomic E-state index is 0.0935. The van der Waals surface area contributed by atoms with E-state index in [0.29, 0.717) is 12.6 Å². The van der Waals surface area contributed by atoms with Gasteiger partial charge in [-0.3, -0.25) is 0 Å². The molecule has 0 saturated heterocycles. The number of hydrogen-bond donors (Lipinski definition) is 1. The first-order chi connectivity index (χ1) is 9.80. The Balaban J connectivity index is 1.94. The van der Waals surface area contributed by atoms with Gasteiger partial charge in [0.2, 0.25) is 0 Å². The lowest BCUT2D eigenvalue weighted by molar-refractivity contribution is -0.0893. The molecule has 1 aromatic carbocycles. The van der Waals surface area contributed by atoms with E-state index in [1.807, 2.05) is 31.2 Å². The smallest absolute Gasteiger partial charge is 0.161 e. The number of ether oxygens (including phenoxy) is 3. The summed E-state index contributed by atoms with van der Waals surface area (Å²) < 4.78 is 17.2. The lowest BCUT2D eigenvalue weighted by Crippen LogP contribution is -2.61. The van der Waals surface area contributed by atoms with Crippen LogP contribution in [0.3, 0.4) is 0 Å². The topological polar surface area (TPSA) is 39.7 Å². The molecule has 4 nitrogen and oxygen atoms in total. The van der Waals surface area contributed by atoms with Crippen LogP contribution < -0.4 is 14.8 Å². The highest BCUT2D eigenvalue weighted by Crippen LogP contribution is 2.33. The molecule has 3 unspecified atom stereocenters. The molecular weight excluding hydrogens is 254 g/mol. The average Bonchev–Trinajstić information content (AvgIpc) is 2.44. The molecule has 3 atom stereocenters. The number of hydrogen-bond acceptors (Lipinski definition) is 4. The lowest BCUT2D eigenvalue weighted by atomic mass is 9.85. The molecule has 1 aliphatic rings. The van der Waals surface area contributed by atoms with Gasteiger partial charge in [0.25, 0.3) is 0 Å². The predicted octanol–water partition coefficient (Wildman–Crippen LogP) is 2.62. The van der Waals surface area contributed by atoms with E-state index >= 15 is 0 Å². The molecule has 0 spiro atoms. The zero-order valence-electron chi connectivity index (χ0n) is 12.6. The van der Waals surface area contributed by atoms with Crippen molar-refractivity contribution in [3.8, 4) is 11.5 Å². The highest BCUT2D eigenvalue weighted by atomic mass is 16.6. The van der Waals surface area contributed by atoms with E-state index in [1.165, 1.54) is 0 Å². The molecule has 1 aromatic rings. The molecule has 1 N–H and O–H groups in total. The summed E-state index contributed by atoms with van der Waals surface area (Å²) in [7, 11) is 1.75. The van der Waals surface area contributed by atoms with Crippen molar-refractivity contribution in [3.63, 3.8) is 0 Å². The third kappa shape index (κ3) is 3.44. The van der Waals surface area contributed by atoms with Gasteiger partial charge in [0.15, 0.2) is 11.5 Å². The van der Waals surface area contributed by atoms with Gasteiger partial charge in [0.1, 0.15) is 12.2 Å². The first-order valence-electron chi connectivity index (χ1n) is 7.44. The fraction of sp³-hybridized carbons (Fsp3) is 0.625. The van der Waals surface area contributed by atoms with Crippen LogP contribution in [0.5, 0.6) is 11.5 Å². The Labute approximate surface area is 121 Å². The zero-order valence-corrected chi connectivity index (χ0v) is 12.6. The Hall–Kier alpha value is -1.26. The standard InChI is InChI=1S/C16H25NO3/c1-4-10-17-12-11-15(16(12)18-3)20-14-9-7-6-8-13(14)19-5-2/h6-9,12,15-17H,4-5,10-11H2,1-3H3. The van der Waals surface area contributed by atoms with Crippen molar-refractivity contribution in [2.45, 2.75) is 44.9 Å². The van der Waals surface area contributed by atoms with E-state index in [0.717, 1.165) is 30.9 Å². The number of methoxy groups -OCH3 is 1. The summed E-state index contributed by atoms with van der Waals surface area (Å²) >= 11 is 0. The lowest BCUT2D eigenvalue weighted by Gasteiger charge is -2.43. The van der Waals surface area contributed by atoms with Crippen molar-refractivity contribution in [2.75, 3.05) is 20.3 Å². The second kappa shape index (κ2) is 7.50. The van der Waals surface area contributed by atoms with E-state index in [-0.39, 0.29) is 12.2 Å². The molecule has 0 bridgehead atoms. The summed E-state index contributed by atoms with van der Waals surface area (Å²) in [6.45, 7) is 5.80. The van der Waals surface area contributed by atoms with Crippen molar-refractivity contribution in [1.82, 2.24) is 5.32 Å². The van der Waals surface area contributed by atoms with E-state index in [2.05, 4.69) is 12.2 Å². The largest absolute Gasteiger partial charge is 0.490 e. The maximum Gasteiger partial charge on any atom is 0.161 e. The van der Waals surface area contributed by atoms with E-state index in [4.69, 9.17) is 14.2 Å². The molecule has 0 aliphatic heterocycles. The minimum Gasteiger partial charge on any atom is -0.490 e. The molecule has 4 heteroatoms. The molecule has 20 heavy (non-hydrogen) atoms. The monoisotopic (exact) mass is 279 g/mol. The van der Waals surface area contributed by atoms with Gasteiger partial charge in [-0.2, -0.15) is 0 Å². The van der Waals surface area contributed by atoms with Crippen LogP contribution >= 0.6 is 0 Å². The zero-order chi connectivity index (χ0) is 14.4. The highest BCUT2D eigenvalue weighted by molar-refractivity contribution is 5.39. The van der Waals surface area contributed by atoms with Crippen molar-refractivity contribution in [3.05, 3.63) is 24.3 Å². The molecule has 1 aliphatic carbocycles. The minimum atomic E-state index is 0.0935. The van der Waals surface area contributed by atoms with Gasteiger partial charge in [0, 0.05) is 19.6 Å². The van der Waals surface area contributed by atoms with Gasteiger partial charge < -0.3 is 19.5 Å². The summed E-state index contributed by atoms with van der Waals surface area (Å²) in [5, 5.41) is 3.49. The van der Waals surface area contributed by atoms with Gasteiger partial charge in [0.05, 0.1) is 6.61 Å². The first kappa shape index (κ1) is 15.1. The highest BCUT2D eigenvalue weighted by Gasteiger charge is 2.43. The van der Waals surface area contributed by atoms with Crippen LogP contribution in [0.4, 0.5) is 0 Å². The molecule has 112 valence electrons. The van der Waals surface area contributed by atoms with Gasteiger partial charge in [-0.1, -0.05) is 19.1 Å². The van der Waals surface area contributed by atoms with Gasteiger partial charge in [-0.25, -0.2) is 0 Å². The molecule has 0 heterocycles. The third-order valence-electron chi connectivity index (χ3n) is 3.61. The Kier molecular flexibility index (Phi) is 5.68. The number of nitrogens with one attached hydrogen (secondary N) is 1. The number of para-hydroxylation sites is 2. The van der Waals surface area contributed by atoms with E-state index < -0.39 is 0 Å². The van der Waals surface area contributed by atoms with Crippen LogP contribution in [0.1, 0.15) is 26.7 Å². The van der Waals surface area contributed by atoms with Crippen LogP contribution in [0.25, 0.3) is 0 Å². The quantitative estimate of drug-likeness (QED) is 0.794. The van der Waals surface area contributed by atoms with Gasteiger partial charge >= 0.3 is 0 Å². The van der Waals surface area contributed by atoms with Crippen LogP contribution in [0.2, 0.25) is 0 Å². The summed E-state index contributed by atoms with van der Waals surface area (Å²) in [5.74, 6) is 1.60. The van der Waals surface area contributed by atoms with Crippen molar-refractivity contribution in [2.24, 2.45) is 0 Å². The predicted molar refractivity (Wildman–Crippen MR) is 79.5 cm³/mol. The normalized spacial score (nSPS) is 25.1. The Morgan fingerprint density at radius 2 is 1.95 bits per heavy atom. The molecule has 0 aromatic heterocycles. The first-order valence-corrected chi connectivity index (χ1v) is 7.44. The maximum absolute atomic E-state index is 6.06. The van der Waals surface area contributed by atoms with Crippen molar-refractivity contribution < 1.29 is 14.2 Å². The Morgan fingerprint density at radius 1 is 1.20 bits per heavy atom. The maximum atomic E-state index is 6.06. The van der Waals surface area contributed by atoms with Crippen LogP contribution in [0.15, 0.2) is 24.3 Å². The van der Waals surface area contributed by atoms with Gasteiger partial charge in [-0.05, 0) is 32.0 Å². The average molecular weight is 279 g/mol. The molecule has 0 amide bonds. The molecule has 2 rings (SSSR count). The molecular formula is C16H25NO3. The van der Waals surface area contributed by atoms with E-state index in [1.54, 1.807) is 7.11 Å². The summed E-state index contributed by atoms with van der Waals surface area (Å²) in [6.07, 6.45) is 2.30. The molecule has 1 saturated carbocycles.